The molecule has 1 fully saturated rings. The third kappa shape index (κ3) is 4.42. The average Bonchev–Trinajstić information content (AvgIpc) is 3.17. The summed E-state index contributed by atoms with van der Waals surface area (Å²) in [6, 6.07) is 0.290. The normalized spacial score (nSPS) is 15.6. The van der Waals surface area contributed by atoms with E-state index < -0.39 is 12.8 Å². The smallest absolute Gasteiger partial charge is 0.422 e. The van der Waals surface area contributed by atoms with Crippen molar-refractivity contribution >= 4 is 11.6 Å². The predicted octanol–water partition coefficient (Wildman–Crippen LogP) is 3.06. The molecular weight excluding hydrogens is 391 g/mol. The maximum absolute atomic E-state index is 12.8. The lowest BCUT2D eigenvalue weighted by Crippen LogP contribution is -2.20. The van der Waals surface area contributed by atoms with Crippen LogP contribution in [-0.4, -0.2) is 54.8 Å². The summed E-state index contributed by atoms with van der Waals surface area (Å²) >= 11 is 0. The van der Waals surface area contributed by atoms with Gasteiger partial charge in [-0.15, -0.1) is 5.10 Å². The summed E-state index contributed by atoms with van der Waals surface area (Å²) in [5.41, 5.74) is 0.825. The predicted molar refractivity (Wildman–Crippen MR) is 96.5 cm³/mol. The zero-order chi connectivity index (χ0) is 20.6. The summed E-state index contributed by atoms with van der Waals surface area (Å²) in [5, 5.41) is 11.5. The Morgan fingerprint density at radius 1 is 1.34 bits per heavy atom. The number of halogens is 3. The molecule has 0 aliphatic heterocycles. The second-order valence-corrected chi connectivity index (χ2v) is 6.71. The van der Waals surface area contributed by atoms with Crippen molar-refractivity contribution in [3.63, 3.8) is 0 Å². The fourth-order valence-electron chi connectivity index (χ4n) is 2.78. The van der Waals surface area contributed by atoms with Crippen LogP contribution in [0.15, 0.2) is 18.7 Å². The van der Waals surface area contributed by atoms with E-state index in [1.807, 2.05) is 13.8 Å². The molecule has 0 spiro atoms. The number of rotatable bonds is 8. The standard InChI is InChI=1S/C17H20F3N7O2/c1-3-28-10(2)26-7-11(6-22-26)13-14(29-8-17(18,19)20)15-24-16(23-12-4-5-12)25-27(15)9-21-13/h6-7,9-10,12H,3-5,8H2,1-2H3,(H,23,25). The van der Waals surface area contributed by atoms with Gasteiger partial charge in [0.25, 0.3) is 0 Å². The Bertz CT molecular complexity index is 997. The second-order valence-electron chi connectivity index (χ2n) is 6.71. The maximum Gasteiger partial charge on any atom is 0.422 e. The van der Waals surface area contributed by atoms with E-state index in [0.717, 1.165) is 12.8 Å². The van der Waals surface area contributed by atoms with Crippen LogP contribution in [-0.2, 0) is 4.74 Å². The van der Waals surface area contributed by atoms with Crippen molar-refractivity contribution in [3.8, 4) is 17.0 Å². The first-order chi connectivity index (χ1) is 13.8. The SMILES string of the molecule is CCOC(C)n1cc(-c2ncn3nc(NC4CC4)nc3c2OCC(F)(F)F)cn1. The Morgan fingerprint density at radius 3 is 2.83 bits per heavy atom. The highest BCUT2D eigenvalue weighted by Gasteiger charge is 2.31. The molecular formula is C17H20F3N7O2. The highest BCUT2D eigenvalue weighted by Crippen LogP contribution is 2.33. The molecule has 1 saturated carbocycles. The Balaban J connectivity index is 1.73. The van der Waals surface area contributed by atoms with Crippen LogP contribution in [0.1, 0.15) is 32.9 Å². The second kappa shape index (κ2) is 7.50. The van der Waals surface area contributed by atoms with Crippen molar-refractivity contribution < 1.29 is 22.6 Å². The lowest BCUT2D eigenvalue weighted by atomic mass is 10.2. The summed E-state index contributed by atoms with van der Waals surface area (Å²) in [6.45, 7) is 2.70. The molecule has 1 aliphatic rings. The highest BCUT2D eigenvalue weighted by atomic mass is 19.4. The first-order valence-corrected chi connectivity index (χ1v) is 9.21. The van der Waals surface area contributed by atoms with Crippen LogP contribution in [0.25, 0.3) is 16.9 Å². The van der Waals surface area contributed by atoms with Crippen LogP contribution < -0.4 is 10.1 Å². The molecule has 1 atom stereocenters. The molecule has 3 heterocycles. The van der Waals surface area contributed by atoms with Gasteiger partial charge in [0.1, 0.15) is 18.2 Å². The summed E-state index contributed by atoms with van der Waals surface area (Å²) in [5.74, 6) is 0.216. The van der Waals surface area contributed by atoms with Crippen molar-refractivity contribution in [2.45, 2.75) is 45.1 Å². The van der Waals surface area contributed by atoms with Gasteiger partial charge in [-0.3, -0.25) is 0 Å². The molecule has 3 aromatic rings. The molecule has 29 heavy (non-hydrogen) atoms. The molecule has 1 aliphatic carbocycles. The van der Waals surface area contributed by atoms with Crippen LogP contribution in [0.5, 0.6) is 5.75 Å². The maximum atomic E-state index is 12.8. The average molecular weight is 411 g/mol. The van der Waals surface area contributed by atoms with Crippen LogP contribution >= 0.6 is 0 Å². The number of ether oxygens (including phenoxy) is 2. The third-order valence-corrected chi connectivity index (χ3v) is 4.29. The van der Waals surface area contributed by atoms with Gasteiger partial charge in [0.05, 0.1) is 6.20 Å². The fraction of sp³-hybridized carbons (Fsp3) is 0.529. The number of aromatic nitrogens is 6. The molecule has 0 amide bonds. The van der Waals surface area contributed by atoms with Crippen LogP contribution in [0.4, 0.5) is 19.1 Å². The minimum atomic E-state index is -4.51. The van der Waals surface area contributed by atoms with E-state index in [4.69, 9.17) is 9.47 Å². The van der Waals surface area contributed by atoms with Gasteiger partial charge in [-0.25, -0.2) is 9.67 Å². The van der Waals surface area contributed by atoms with E-state index in [2.05, 4.69) is 25.5 Å². The fourth-order valence-corrected chi connectivity index (χ4v) is 2.78. The van der Waals surface area contributed by atoms with Gasteiger partial charge >= 0.3 is 6.18 Å². The van der Waals surface area contributed by atoms with Gasteiger partial charge in [0.15, 0.2) is 12.4 Å². The van der Waals surface area contributed by atoms with E-state index in [1.54, 1.807) is 10.9 Å². The first-order valence-electron chi connectivity index (χ1n) is 9.21. The van der Waals surface area contributed by atoms with E-state index in [-0.39, 0.29) is 29.4 Å². The number of hydrogen-bond acceptors (Lipinski definition) is 7. The van der Waals surface area contributed by atoms with Gasteiger partial charge in [-0.2, -0.15) is 27.8 Å². The molecule has 1 unspecified atom stereocenters. The van der Waals surface area contributed by atoms with Crippen LogP contribution in [0.2, 0.25) is 0 Å². The molecule has 4 rings (SSSR count). The number of nitrogens with one attached hydrogen (secondary N) is 1. The number of alkyl halides is 3. The molecule has 0 bridgehead atoms. The number of fused-ring (bicyclic) bond motifs is 1. The Hall–Kier alpha value is -2.89. The van der Waals surface area contributed by atoms with Crippen molar-refractivity contribution in [2.75, 3.05) is 18.5 Å². The largest absolute Gasteiger partial charge is 0.478 e. The van der Waals surface area contributed by atoms with Gasteiger partial charge in [0.2, 0.25) is 11.6 Å². The zero-order valence-electron chi connectivity index (χ0n) is 15.8. The van der Waals surface area contributed by atoms with E-state index in [9.17, 15) is 13.2 Å². The highest BCUT2D eigenvalue weighted by molar-refractivity contribution is 5.74. The van der Waals surface area contributed by atoms with Crippen molar-refractivity contribution in [1.29, 1.82) is 0 Å². The molecule has 1 N–H and O–H groups in total. The van der Waals surface area contributed by atoms with Gasteiger partial charge in [-0.1, -0.05) is 0 Å². The summed E-state index contributed by atoms with van der Waals surface area (Å²) in [7, 11) is 0. The number of nitrogens with zero attached hydrogens (tertiary/aromatic N) is 6. The van der Waals surface area contributed by atoms with Crippen molar-refractivity contribution in [3.05, 3.63) is 18.7 Å². The minimum Gasteiger partial charge on any atom is -0.478 e. The Labute approximate surface area is 163 Å². The van der Waals surface area contributed by atoms with Gasteiger partial charge in [0, 0.05) is 24.4 Å². The topological polar surface area (TPSA) is 91.4 Å². The Morgan fingerprint density at radius 2 is 2.14 bits per heavy atom. The van der Waals surface area contributed by atoms with Crippen molar-refractivity contribution in [1.82, 2.24) is 29.4 Å². The third-order valence-electron chi connectivity index (χ3n) is 4.29. The lowest BCUT2D eigenvalue weighted by molar-refractivity contribution is -0.153. The number of anilines is 1. The summed E-state index contributed by atoms with van der Waals surface area (Å²) < 4.78 is 51.9. The van der Waals surface area contributed by atoms with Gasteiger partial charge < -0.3 is 14.8 Å². The molecule has 9 nitrogen and oxygen atoms in total. The summed E-state index contributed by atoms with van der Waals surface area (Å²) in [6.07, 6.45) is 1.70. The van der Waals surface area contributed by atoms with Gasteiger partial charge in [-0.05, 0) is 26.7 Å². The van der Waals surface area contributed by atoms with E-state index >= 15 is 0 Å². The molecule has 3 aromatic heterocycles. The first kappa shape index (κ1) is 19.4. The molecule has 0 radical (unpaired) electrons. The molecule has 0 saturated heterocycles. The quantitative estimate of drug-likeness (QED) is 0.609. The Kier molecular flexibility index (Phi) is 5.03. The zero-order valence-corrected chi connectivity index (χ0v) is 15.8. The minimum absolute atomic E-state index is 0.107. The molecule has 12 heteroatoms. The van der Waals surface area contributed by atoms with E-state index in [1.165, 1.54) is 17.0 Å². The van der Waals surface area contributed by atoms with Crippen LogP contribution in [0.3, 0.4) is 0 Å². The molecule has 156 valence electrons. The number of hydrogen-bond donors (Lipinski definition) is 1. The van der Waals surface area contributed by atoms with Crippen LogP contribution in [0, 0.1) is 0 Å². The lowest BCUT2D eigenvalue weighted by Gasteiger charge is -2.13. The monoisotopic (exact) mass is 411 g/mol. The molecule has 0 aromatic carbocycles. The van der Waals surface area contributed by atoms with Crippen molar-refractivity contribution in [2.24, 2.45) is 0 Å². The van der Waals surface area contributed by atoms with E-state index in [0.29, 0.717) is 18.1 Å². The summed E-state index contributed by atoms with van der Waals surface area (Å²) in [4.78, 5) is 8.56.